The Labute approximate surface area is 193 Å². The van der Waals surface area contributed by atoms with Gasteiger partial charge in [-0.15, -0.1) is 0 Å². The van der Waals surface area contributed by atoms with Gasteiger partial charge in [-0.05, 0) is 47.5 Å². The number of carbonyl (C=O) groups excluding carboxylic acids is 1. The van der Waals surface area contributed by atoms with E-state index >= 15 is 0 Å². The van der Waals surface area contributed by atoms with E-state index in [-0.39, 0.29) is 0 Å². The normalized spacial score (nSPS) is 11.3. The van der Waals surface area contributed by atoms with Crippen LogP contribution in [0, 0.1) is 0 Å². The monoisotopic (exact) mass is 470 g/mol. The van der Waals surface area contributed by atoms with E-state index < -0.39 is 18.8 Å². The van der Waals surface area contributed by atoms with Crippen LogP contribution < -0.4 is 20.1 Å². The summed E-state index contributed by atoms with van der Waals surface area (Å²) in [7, 11) is 3.16. The maximum absolute atomic E-state index is 12.3. The molecule has 0 aliphatic rings. The van der Waals surface area contributed by atoms with Crippen molar-refractivity contribution in [3.8, 4) is 33.9 Å². The molecular weight excluding hydrogens is 449 g/mol. The number of fused-ring (bicyclic) bond motifs is 1. The van der Waals surface area contributed by atoms with E-state index in [2.05, 4.69) is 10.3 Å². The molecule has 0 spiro atoms. The minimum atomic E-state index is -4.48. The van der Waals surface area contributed by atoms with Gasteiger partial charge < -0.3 is 20.1 Å². The number of anilines is 1. The van der Waals surface area contributed by atoms with E-state index in [1.807, 2.05) is 47.0 Å². The summed E-state index contributed by atoms with van der Waals surface area (Å²) in [5.41, 5.74) is 4.41. The highest BCUT2D eigenvalue weighted by Crippen LogP contribution is 2.33. The van der Waals surface area contributed by atoms with Gasteiger partial charge in [-0.2, -0.15) is 13.2 Å². The molecule has 0 bridgehead atoms. The summed E-state index contributed by atoms with van der Waals surface area (Å²) in [6.07, 6.45) is -0.915. The predicted octanol–water partition coefficient (Wildman–Crippen LogP) is 5.37. The minimum Gasteiger partial charge on any atom is -0.493 e. The number of aromatic nitrogens is 2. The highest BCUT2D eigenvalue weighted by atomic mass is 19.4. The second kappa shape index (κ2) is 9.34. The smallest absolute Gasteiger partial charge is 0.405 e. The molecule has 7 nitrogen and oxygen atoms in total. The Morgan fingerprint density at radius 2 is 1.74 bits per heavy atom. The zero-order valence-corrected chi connectivity index (χ0v) is 18.3. The number of halogens is 3. The number of amides is 2. The van der Waals surface area contributed by atoms with Crippen molar-refractivity contribution in [2.24, 2.45) is 0 Å². The molecule has 2 amide bonds. The Kier molecular flexibility index (Phi) is 6.31. The molecule has 34 heavy (non-hydrogen) atoms. The molecule has 2 heterocycles. The van der Waals surface area contributed by atoms with Crippen LogP contribution in [0.15, 0.2) is 67.0 Å². The molecule has 0 unspecified atom stereocenters. The molecule has 176 valence electrons. The van der Waals surface area contributed by atoms with Crippen molar-refractivity contribution in [1.29, 1.82) is 0 Å². The summed E-state index contributed by atoms with van der Waals surface area (Å²) >= 11 is 0. The van der Waals surface area contributed by atoms with Gasteiger partial charge in [-0.1, -0.05) is 18.2 Å². The van der Waals surface area contributed by atoms with Gasteiger partial charge in [0, 0.05) is 17.4 Å². The molecule has 0 saturated heterocycles. The number of benzene rings is 2. The van der Waals surface area contributed by atoms with Gasteiger partial charge in [-0.25, -0.2) is 9.78 Å². The molecule has 10 heteroatoms. The number of imidazole rings is 1. The van der Waals surface area contributed by atoms with Crippen LogP contribution in [0.25, 0.3) is 28.0 Å². The number of hydrogen-bond acceptors (Lipinski definition) is 4. The molecule has 0 aliphatic heterocycles. The standard InChI is InChI=1S/C24H21F3N4O3/c1-33-20-7-6-15(11-21(20)34-2)16-8-9-31-19(13-28-22(31)12-16)17-4-3-5-18(10-17)30-23(32)29-14-24(25,26)27/h3-13H,14H2,1-2H3,(H2,29,30,32). The Balaban J connectivity index is 1.58. The van der Waals surface area contributed by atoms with Crippen molar-refractivity contribution in [3.63, 3.8) is 0 Å². The minimum absolute atomic E-state index is 0.356. The first-order chi connectivity index (χ1) is 16.3. The van der Waals surface area contributed by atoms with Gasteiger partial charge in [0.25, 0.3) is 0 Å². The average molecular weight is 470 g/mol. The molecule has 0 fully saturated rings. The highest BCUT2D eigenvalue weighted by Gasteiger charge is 2.27. The van der Waals surface area contributed by atoms with Crippen LogP contribution >= 0.6 is 0 Å². The Hall–Kier alpha value is -4.21. The molecule has 2 aromatic heterocycles. The van der Waals surface area contributed by atoms with Gasteiger partial charge in [0.05, 0.1) is 26.1 Å². The van der Waals surface area contributed by atoms with Gasteiger partial charge in [0.2, 0.25) is 0 Å². The maximum atomic E-state index is 12.3. The number of hydrogen-bond donors (Lipinski definition) is 2. The summed E-state index contributed by atoms with van der Waals surface area (Å²) in [5.74, 6) is 1.25. The van der Waals surface area contributed by atoms with Crippen LogP contribution in [0.3, 0.4) is 0 Å². The van der Waals surface area contributed by atoms with Gasteiger partial charge >= 0.3 is 12.2 Å². The first-order valence-corrected chi connectivity index (χ1v) is 10.2. The molecular formula is C24H21F3N4O3. The van der Waals surface area contributed by atoms with Crippen LogP contribution in [-0.4, -0.2) is 42.4 Å². The lowest BCUT2D eigenvalue weighted by Crippen LogP contribution is -2.36. The van der Waals surface area contributed by atoms with Gasteiger partial charge in [0.1, 0.15) is 12.2 Å². The summed E-state index contributed by atoms with van der Waals surface area (Å²) in [5, 5.41) is 4.20. The van der Waals surface area contributed by atoms with E-state index in [0.29, 0.717) is 22.8 Å². The van der Waals surface area contributed by atoms with Gasteiger partial charge in [0.15, 0.2) is 11.5 Å². The van der Waals surface area contributed by atoms with Crippen LogP contribution in [-0.2, 0) is 0 Å². The Morgan fingerprint density at radius 3 is 2.47 bits per heavy atom. The van der Waals surface area contributed by atoms with E-state index in [4.69, 9.17) is 9.47 Å². The van der Waals surface area contributed by atoms with Crippen molar-refractivity contribution in [2.75, 3.05) is 26.1 Å². The molecule has 4 rings (SSSR count). The van der Waals surface area contributed by atoms with Crippen LogP contribution in [0.1, 0.15) is 0 Å². The molecule has 0 saturated carbocycles. The molecule has 2 aromatic carbocycles. The third-order valence-corrected chi connectivity index (χ3v) is 5.10. The average Bonchev–Trinajstić information content (AvgIpc) is 3.25. The van der Waals surface area contributed by atoms with Crippen LogP contribution in [0.4, 0.5) is 23.7 Å². The first kappa shape index (κ1) is 23.0. The fraction of sp³-hybridized carbons (Fsp3) is 0.167. The van der Waals surface area contributed by atoms with Crippen molar-refractivity contribution in [3.05, 3.63) is 67.0 Å². The maximum Gasteiger partial charge on any atom is 0.405 e. The molecule has 0 radical (unpaired) electrons. The van der Waals surface area contributed by atoms with E-state index in [1.54, 1.807) is 43.9 Å². The van der Waals surface area contributed by atoms with Crippen molar-refractivity contribution >= 4 is 17.4 Å². The lowest BCUT2D eigenvalue weighted by molar-refractivity contribution is -0.122. The largest absolute Gasteiger partial charge is 0.493 e. The molecule has 0 aliphatic carbocycles. The van der Waals surface area contributed by atoms with Crippen LogP contribution in [0.2, 0.25) is 0 Å². The molecule has 2 N–H and O–H groups in total. The number of rotatable bonds is 6. The fourth-order valence-corrected chi connectivity index (χ4v) is 3.50. The topological polar surface area (TPSA) is 76.9 Å². The van der Waals surface area contributed by atoms with Crippen molar-refractivity contribution in [1.82, 2.24) is 14.7 Å². The summed E-state index contributed by atoms with van der Waals surface area (Å²) in [6, 6.07) is 15.4. The lowest BCUT2D eigenvalue weighted by Gasteiger charge is -2.11. The number of urea groups is 1. The van der Waals surface area contributed by atoms with Crippen LogP contribution in [0.5, 0.6) is 11.5 Å². The summed E-state index contributed by atoms with van der Waals surface area (Å²) in [4.78, 5) is 16.3. The predicted molar refractivity (Wildman–Crippen MR) is 122 cm³/mol. The van der Waals surface area contributed by atoms with E-state index in [9.17, 15) is 18.0 Å². The van der Waals surface area contributed by atoms with Crippen molar-refractivity contribution in [2.45, 2.75) is 6.18 Å². The number of nitrogens with one attached hydrogen (secondary N) is 2. The summed E-state index contributed by atoms with van der Waals surface area (Å²) < 4.78 is 49.4. The highest BCUT2D eigenvalue weighted by molar-refractivity contribution is 5.90. The Morgan fingerprint density at radius 1 is 0.971 bits per heavy atom. The zero-order valence-electron chi connectivity index (χ0n) is 18.3. The number of methoxy groups -OCH3 is 2. The third-order valence-electron chi connectivity index (χ3n) is 5.10. The second-order valence-electron chi connectivity index (χ2n) is 7.36. The SMILES string of the molecule is COc1ccc(-c2ccn3c(-c4cccc(NC(=O)NCC(F)(F)F)c4)cnc3c2)cc1OC. The van der Waals surface area contributed by atoms with E-state index in [1.165, 1.54) is 0 Å². The quantitative estimate of drug-likeness (QED) is 0.397. The summed E-state index contributed by atoms with van der Waals surface area (Å²) in [6.45, 7) is -1.41. The lowest BCUT2D eigenvalue weighted by atomic mass is 10.1. The third kappa shape index (κ3) is 5.06. The fourth-order valence-electron chi connectivity index (χ4n) is 3.50. The number of alkyl halides is 3. The molecule has 0 atom stereocenters. The van der Waals surface area contributed by atoms with E-state index in [0.717, 1.165) is 22.4 Å². The number of pyridine rings is 1. The zero-order chi connectivity index (χ0) is 24.3. The number of nitrogens with zero attached hydrogens (tertiary/aromatic N) is 2. The number of carbonyl (C=O) groups is 1. The number of ether oxygens (including phenoxy) is 2. The van der Waals surface area contributed by atoms with Gasteiger partial charge in [-0.3, -0.25) is 4.40 Å². The first-order valence-electron chi connectivity index (χ1n) is 10.2. The Bertz CT molecular complexity index is 1330. The molecule has 4 aromatic rings. The second-order valence-corrected chi connectivity index (χ2v) is 7.36. The van der Waals surface area contributed by atoms with Crippen molar-refractivity contribution < 1.29 is 27.4 Å².